The van der Waals surface area contributed by atoms with E-state index in [2.05, 4.69) is 16.5 Å². The van der Waals surface area contributed by atoms with E-state index in [1.54, 1.807) is 18.5 Å². The van der Waals surface area contributed by atoms with Crippen LogP contribution in [-0.4, -0.2) is 27.0 Å². The lowest BCUT2D eigenvalue weighted by Crippen LogP contribution is -2.28. The largest absolute Gasteiger partial charge is 0.307 e. The summed E-state index contributed by atoms with van der Waals surface area (Å²) in [5.74, 6) is -0.220. The first-order valence-corrected chi connectivity index (χ1v) is 8.25. The third-order valence-corrected chi connectivity index (χ3v) is 4.25. The second-order valence-corrected chi connectivity index (χ2v) is 5.95. The Balaban J connectivity index is 2.20. The van der Waals surface area contributed by atoms with Crippen LogP contribution in [0.4, 0.5) is 0 Å². The molecule has 0 spiro atoms. The molecule has 3 rings (SSSR count). The van der Waals surface area contributed by atoms with Crippen molar-refractivity contribution in [2.45, 2.75) is 13.5 Å². The SMILES string of the molecule is C=C(C=N)N(Cc1ncc2ccccc2c1-c1ccc(C#N)nc1)C(C)=O. The molecule has 2 heterocycles. The second kappa shape index (κ2) is 7.58. The lowest BCUT2D eigenvalue weighted by Gasteiger charge is -2.22. The molecule has 2 aromatic heterocycles. The van der Waals surface area contributed by atoms with Crippen LogP contribution in [0.5, 0.6) is 0 Å². The van der Waals surface area contributed by atoms with Crippen molar-refractivity contribution in [1.29, 1.82) is 10.7 Å². The number of aromatic nitrogens is 2. The third-order valence-electron chi connectivity index (χ3n) is 4.25. The minimum Gasteiger partial charge on any atom is -0.307 e. The Morgan fingerprint density at radius 2 is 2.04 bits per heavy atom. The number of nitriles is 1. The van der Waals surface area contributed by atoms with Crippen LogP contribution in [0.2, 0.25) is 0 Å². The van der Waals surface area contributed by atoms with E-state index in [1.807, 2.05) is 36.4 Å². The highest BCUT2D eigenvalue weighted by molar-refractivity contribution is 5.97. The van der Waals surface area contributed by atoms with Crippen molar-refractivity contribution in [3.8, 4) is 17.2 Å². The monoisotopic (exact) mass is 355 g/mol. The summed E-state index contributed by atoms with van der Waals surface area (Å²) < 4.78 is 0. The minimum atomic E-state index is -0.220. The van der Waals surface area contributed by atoms with Gasteiger partial charge in [0.1, 0.15) is 11.8 Å². The van der Waals surface area contributed by atoms with Crippen molar-refractivity contribution in [2.24, 2.45) is 0 Å². The predicted octanol–water partition coefficient (Wildman–Crippen LogP) is 3.68. The molecule has 1 amide bonds. The Hall–Kier alpha value is -3.85. The van der Waals surface area contributed by atoms with Gasteiger partial charge in [-0.15, -0.1) is 0 Å². The number of allylic oxidation sites excluding steroid dienone is 1. The smallest absolute Gasteiger partial charge is 0.224 e. The molecule has 0 aliphatic carbocycles. The van der Waals surface area contributed by atoms with E-state index in [-0.39, 0.29) is 12.5 Å². The lowest BCUT2D eigenvalue weighted by atomic mass is 9.98. The van der Waals surface area contributed by atoms with E-state index in [9.17, 15) is 4.79 Å². The first kappa shape index (κ1) is 18.0. The Bertz CT molecular complexity index is 1080. The van der Waals surface area contributed by atoms with Crippen LogP contribution in [0.1, 0.15) is 18.3 Å². The number of pyridine rings is 2. The fraction of sp³-hybridized carbons (Fsp3) is 0.0952. The summed E-state index contributed by atoms with van der Waals surface area (Å²) in [6, 6.07) is 13.3. The van der Waals surface area contributed by atoms with E-state index in [0.717, 1.165) is 28.1 Å². The molecule has 27 heavy (non-hydrogen) atoms. The standard InChI is InChI=1S/C21H17N5O/c1-14(9-22)26(15(2)27)13-20-21(17-7-8-18(10-23)24-12-17)19-6-4-3-5-16(19)11-25-20/h3-9,11-12,22H,1,13H2,2H3. The zero-order chi connectivity index (χ0) is 19.4. The number of fused-ring (bicyclic) bond motifs is 1. The van der Waals surface area contributed by atoms with Crippen LogP contribution >= 0.6 is 0 Å². The molecule has 0 saturated carbocycles. The second-order valence-electron chi connectivity index (χ2n) is 5.95. The molecular weight excluding hydrogens is 338 g/mol. The lowest BCUT2D eigenvalue weighted by molar-refractivity contribution is -0.127. The van der Waals surface area contributed by atoms with Crippen molar-refractivity contribution < 1.29 is 4.79 Å². The summed E-state index contributed by atoms with van der Waals surface area (Å²) in [5, 5.41) is 18.3. The van der Waals surface area contributed by atoms with E-state index < -0.39 is 0 Å². The van der Waals surface area contributed by atoms with Gasteiger partial charge in [-0.1, -0.05) is 30.8 Å². The number of hydrogen-bond acceptors (Lipinski definition) is 5. The molecule has 3 aromatic rings. The molecule has 0 unspecified atom stereocenters. The third kappa shape index (κ3) is 3.58. The molecule has 0 radical (unpaired) electrons. The highest BCUT2D eigenvalue weighted by Gasteiger charge is 2.18. The number of benzene rings is 1. The van der Waals surface area contributed by atoms with Crippen LogP contribution in [0.3, 0.4) is 0 Å². The van der Waals surface area contributed by atoms with Crippen molar-refractivity contribution in [3.05, 3.63) is 72.5 Å². The van der Waals surface area contributed by atoms with Gasteiger partial charge in [-0.2, -0.15) is 5.26 Å². The Morgan fingerprint density at radius 3 is 2.67 bits per heavy atom. The van der Waals surface area contributed by atoms with Crippen LogP contribution in [0.25, 0.3) is 21.9 Å². The van der Waals surface area contributed by atoms with Gasteiger partial charge in [0, 0.05) is 42.0 Å². The van der Waals surface area contributed by atoms with Crippen LogP contribution < -0.4 is 0 Å². The Morgan fingerprint density at radius 1 is 1.26 bits per heavy atom. The van der Waals surface area contributed by atoms with Gasteiger partial charge in [0.05, 0.1) is 17.9 Å². The number of carbonyl (C=O) groups excluding carboxylic acids is 1. The zero-order valence-electron chi connectivity index (χ0n) is 14.8. The summed E-state index contributed by atoms with van der Waals surface area (Å²) in [7, 11) is 0. The number of carbonyl (C=O) groups is 1. The molecule has 6 heteroatoms. The summed E-state index contributed by atoms with van der Waals surface area (Å²) in [6.07, 6.45) is 4.44. The van der Waals surface area contributed by atoms with Crippen molar-refractivity contribution in [3.63, 3.8) is 0 Å². The van der Waals surface area contributed by atoms with Gasteiger partial charge in [-0.05, 0) is 17.5 Å². The molecule has 132 valence electrons. The van der Waals surface area contributed by atoms with Gasteiger partial charge in [0.15, 0.2) is 0 Å². The maximum atomic E-state index is 12.0. The van der Waals surface area contributed by atoms with Gasteiger partial charge >= 0.3 is 0 Å². The Labute approximate surface area is 156 Å². The molecule has 1 N–H and O–H groups in total. The zero-order valence-corrected chi connectivity index (χ0v) is 14.8. The van der Waals surface area contributed by atoms with E-state index >= 15 is 0 Å². The van der Waals surface area contributed by atoms with E-state index in [4.69, 9.17) is 10.7 Å². The van der Waals surface area contributed by atoms with Crippen LogP contribution in [0, 0.1) is 16.7 Å². The van der Waals surface area contributed by atoms with E-state index in [0.29, 0.717) is 17.1 Å². The number of rotatable bonds is 5. The predicted molar refractivity (Wildman–Crippen MR) is 104 cm³/mol. The minimum absolute atomic E-state index is 0.184. The molecule has 0 aliphatic heterocycles. The maximum absolute atomic E-state index is 12.0. The average Bonchev–Trinajstić information content (AvgIpc) is 2.71. The molecular formula is C21H17N5O. The quantitative estimate of drug-likeness (QED) is 0.706. The van der Waals surface area contributed by atoms with Gasteiger partial charge in [-0.25, -0.2) is 4.98 Å². The topological polar surface area (TPSA) is 93.7 Å². The maximum Gasteiger partial charge on any atom is 0.224 e. The first-order valence-electron chi connectivity index (χ1n) is 8.25. The molecule has 0 aliphatic rings. The summed E-state index contributed by atoms with van der Waals surface area (Å²) in [5.41, 5.74) is 2.93. The summed E-state index contributed by atoms with van der Waals surface area (Å²) >= 11 is 0. The van der Waals surface area contributed by atoms with Crippen molar-refractivity contribution >= 4 is 22.9 Å². The summed E-state index contributed by atoms with van der Waals surface area (Å²) in [6.45, 7) is 5.38. The number of nitrogens with zero attached hydrogens (tertiary/aromatic N) is 4. The molecule has 0 fully saturated rings. The van der Waals surface area contributed by atoms with Gasteiger partial charge in [0.25, 0.3) is 0 Å². The fourth-order valence-electron chi connectivity index (χ4n) is 2.90. The summed E-state index contributed by atoms with van der Waals surface area (Å²) in [4.78, 5) is 22.2. The number of amides is 1. The van der Waals surface area contributed by atoms with Crippen molar-refractivity contribution in [1.82, 2.24) is 14.9 Å². The molecule has 6 nitrogen and oxygen atoms in total. The van der Waals surface area contributed by atoms with Crippen LogP contribution in [-0.2, 0) is 11.3 Å². The molecule has 0 atom stereocenters. The molecule has 1 aromatic carbocycles. The number of nitrogens with one attached hydrogen (secondary N) is 1. The van der Waals surface area contributed by atoms with E-state index in [1.165, 1.54) is 11.8 Å². The highest BCUT2D eigenvalue weighted by atomic mass is 16.2. The average molecular weight is 355 g/mol. The van der Waals surface area contributed by atoms with Crippen LogP contribution in [0.15, 0.2) is 61.1 Å². The molecule has 0 saturated heterocycles. The first-order chi connectivity index (χ1) is 13.0. The van der Waals surface area contributed by atoms with Gasteiger partial charge in [0.2, 0.25) is 5.91 Å². The fourth-order valence-corrected chi connectivity index (χ4v) is 2.90. The Kier molecular flexibility index (Phi) is 5.04. The normalized spacial score (nSPS) is 10.2. The highest BCUT2D eigenvalue weighted by Crippen LogP contribution is 2.31. The molecule has 0 bridgehead atoms. The van der Waals surface area contributed by atoms with Gasteiger partial charge in [-0.3, -0.25) is 9.78 Å². The van der Waals surface area contributed by atoms with Crippen molar-refractivity contribution in [2.75, 3.05) is 0 Å². The number of hydrogen-bond donors (Lipinski definition) is 1. The van der Waals surface area contributed by atoms with Gasteiger partial charge < -0.3 is 10.3 Å².